The normalized spacial score (nSPS) is 10.4. The van der Waals surface area contributed by atoms with E-state index < -0.39 is 0 Å². The number of nitrogens with zero attached hydrogens (tertiary/aromatic N) is 2. The Morgan fingerprint density at radius 1 is 1.07 bits per heavy atom. The van der Waals surface area contributed by atoms with Crippen LogP contribution in [0.4, 0.5) is 5.95 Å². The summed E-state index contributed by atoms with van der Waals surface area (Å²) in [5.41, 5.74) is 3.74. The van der Waals surface area contributed by atoms with E-state index >= 15 is 0 Å². The Kier molecular flexibility index (Phi) is 6.39. The lowest BCUT2D eigenvalue weighted by atomic mass is 10.1. The molecule has 0 bridgehead atoms. The van der Waals surface area contributed by atoms with Crippen molar-refractivity contribution >= 4 is 23.5 Å². The summed E-state index contributed by atoms with van der Waals surface area (Å²) in [5, 5.41) is 6.72. The van der Waals surface area contributed by atoms with Gasteiger partial charge in [0.2, 0.25) is 5.95 Å². The topological polar surface area (TPSA) is 66.9 Å². The minimum atomic E-state index is -0.224. The molecule has 0 aliphatic heterocycles. The molecule has 5 nitrogen and oxygen atoms in total. The molecule has 0 spiro atoms. The van der Waals surface area contributed by atoms with Crippen LogP contribution < -0.4 is 10.6 Å². The molecule has 138 valence electrons. The van der Waals surface area contributed by atoms with Crippen LogP contribution in [0.25, 0.3) is 0 Å². The van der Waals surface area contributed by atoms with E-state index in [1.54, 1.807) is 12.3 Å². The van der Waals surface area contributed by atoms with Gasteiger partial charge in [-0.2, -0.15) is 0 Å². The summed E-state index contributed by atoms with van der Waals surface area (Å²) in [6.45, 7) is 3.16. The van der Waals surface area contributed by atoms with E-state index in [9.17, 15) is 4.79 Å². The van der Waals surface area contributed by atoms with Crippen molar-refractivity contribution in [3.8, 4) is 0 Å². The maximum atomic E-state index is 12.3. The van der Waals surface area contributed by atoms with E-state index in [0.29, 0.717) is 36.2 Å². The van der Waals surface area contributed by atoms with E-state index in [4.69, 9.17) is 11.6 Å². The zero-order valence-corrected chi connectivity index (χ0v) is 15.8. The summed E-state index contributed by atoms with van der Waals surface area (Å²) in [6, 6.07) is 17.4. The van der Waals surface area contributed by atoms with Gasteiger partial charge in [-0.25, -0.2) is 9.97 Å². The average Bonchev–Trinajstić information content (AvgIpc) is 2.67. The van der Waals surface area contributed by atoms with Crippen LogP contribution in [0.3, 0.4) is 0 Å². The Morgan fingerprint density at radius 2 is 1.89 bits per heavy atom. The summed E-state index contributed by atoms with van der Waals surface area (Å²) in [6.07, 6.45) is 2.29. The van der Waals surface area contributed by atoms with Gasteiger partial charge in [0.05, 0.1) is 0 Å². The van der Waals surface area contributed by atoms with Gasteiger partial charge < -0.3 is 10.6 Å². The second-order valence-corrected chi connectivity index (χ2v) is 6.68. The molecule has 0 fully saturated rings. The summed E-state index contributed by atoms with van der Waals surface area (Å²) in [4.78, 5) is 20.8. The van der Waals surface area contributed by atoms with Gasteiger partial charge in [0.1, 0.15) is 5.69 Å². The Balaban J connectivity index is 1.53. The molecule has 0 unspecified atom stereocenters. The largest absolute Gasteiger partial charge is 0.350 e. The van der Waals surface area contributed by atoms with Crippen LogP contribution in [0, 0.1) is 6.92 Å². The lowest BCUT2D eigenvalue weighted by Crippen LogP contribution is -2.26. The molecule has 0 saturated carbocycles. The summed E-state index contributed by atoms with van der Waals surface area (Å²) < 4.78 is 0. The molecule has 2 aromatic carbocycles. The number of aromatic nitrogens is 2. The third kappa shape index (κ3) is 5.79. The van der Waals surface area contributed by atoms with Crippen LogP contribution in [0.15, 0.2) is 60.8 Å². The molecule has 3 aromatic rings. The summed E-state index contributed by atoms with van der Waals surface area (Å²) in [7, 11) is 0. The number of benzene rings is 2. The van der Waals surface area contributed by atoms with Crippen molar-refractivity contribution in [1.29, 1.82) is 0 Å². The van der Waals surface area contributed by atoms with Crippen molar-refractivity contribution in [1.82, 2.24) is 15.3 Å². The number of anilines is 1. The van der Waals surface area contributed by atoms with E-state index in [0.717, 1.165) is 11.1 Å². The minimum absolute atomic E-state index is 0.224. The number of halogens is 1. The van der Waals surface area contributed by atoms with Gasteiger partial charge in [0, 0.05) is 24.3 Å². The molecule has 0 atom stereocenters. The predicted octanol–water partition coefficient (Wildman–Crippen LogP) is 4.02. The first-order valence-corrected chi connectivity index (χ1v) is 9.13. The fourth-order valence-corrected chi connectivity index (χ4v) is 2.89. The van der Waals surface area contributed by atoms with Gasteiger partial charge in [0.25, 0.3) is 5.91 Å². The molecule has 3 rings (SSSR count). The van der Waals surface area contributed by atoms with Crippen LogP contribution in [0.2, 0.25) is 5.02 Å². The number of nitrogens with one attached hydrogen (secondary N) is 2. The van der Waals surface area contributed by atoms with Gasteiger partial charge >= 0.3 is 0 Å². The number of rotatable bonds is 7. The molecule has 0 aliphatic carbocycles. The smallest absolute Gasteiger partial charge is 0.270 e. The van der Waals surface area contributed by atoms with Crippen molar-refractivity contribution in [3.05, 3.63) is 88.2 Å². The maximum Gasteiger partial charge on any atom is 0.270 e. The highest BCUT2D eigenvalue weighted by Crippen LogP contribution is 2.11. The second kappa shape index (κ2) is 9.14. The Hall–Kier alpha value is -2.92. The molecule has 1 amide bonds. The zero-order chi connectivity index (χ0) is 19.1. The van der Waals surface area contributed by atoms with E-state index in [1.807, 2.05) is 49.4 Å². The summed E-state index contributed by atoms with van der Waals surface area (Å²) >= 11 is 5.97. The van der Waals surface area contributed by atoms with Crippen LogP contribution in [0.5, 0.6) is 0 Å². The molecule has 1 aromatic heterocycles. The first-order chi connectivity index (χ1) is 13.1. The number of hydrogen-bond donors (Lipinski definition) is 2. The molecule has 2 N–H and O–H groups in total. The predicted molar refractivity (Wildman–Crippen MR) is 108 cm³/mol. The fraction of sp³-hybridized carbons (Fsp3) is 0.190. The van der Waals surface area contributed by atoms with E-state index in [1.165, 1.54) is 5.56 Å². The number of carbonyl (C=O) groups is 1. The van der Waals surface area contributed by atoms with Crippen molar-refractivity contribution < 1.29 is 4.79 Å². The van der Waals surface area contributed by atoms with Crippen molar-refractivity contribution in [2.45, 2.75) is 19.9 Å². The Morgan fingerprint density at radius 3 is 2.70 bits per heavy atom. The van der Waals surface area contributed by atoms with Gasteiger partial charge in [-0.1, -0.05) is 53.6 Å². The first-order valence-electron chi connectivity index (χ1n) is 8.75. The van der Waals surface area contributed by atoms with Gasteiger partial charge in [-0.15, -0.1) is 0 Å². The lowest BCUT2D eigenvalue weighted by Gasteiger charge is -2.08. The second-order valence-electron chi connectivity index (χ2n) is 6.24. The molecule has 6 heteroatoms. The molecule has 1 heterocycles. The van der Waals surface area contributed by atoms with Crippen molar-refractivity contribution in [2.24, 2.45) is 0 Å². The van der Waals surface area contributed by atoms with Crippen LogP contribution in [-0.2, 0) is 13.0 Å². The highest BCUT2D eigenvalue weighted by Gasteiger charge is 2.08. The van der Waals surface area contributed by atoms with E-state index in [-0.39, 0.29) is 5.91 Å². The van der Waals surface area contributed by atoms with Crippen molar-refractivity contribution in [2.75, 3.05) is 11.9 Å². The summed E-state index contributed by atoms with van der Waals surface area (Å²) in [5.74, 6) is 0.206. The van der Waals surface area contributed by atoms with Crippen LogP contribution >= 0.6 is 11.6 Å². The quantitative estimate of drug-likeness (QED) is 0.649. The monoisotopic (exact) mass is 380 g/mol. The van der Waals surface area contributed by atoms with E-state index in [2.05, 4.69) is 26.7 Å². The Bertz CT molecular complexity index is 929. The lowest BCUT2D eigenvalue weighted by molar-refractivity contribution is 0.0949. The molecule has 0 aliphatic rings. The van der Waals surface area contributed by atoms with Gasteiger partial charge in [-0.05, 0) is 42.7 Å². The van der Waals surface area contributed by atoms with Crippen LogP contribution in [0.1, 0.15) is 27.2 Å². The number of hydrogen-bond acceptors (Lipinski definition) is 4. The number of aryl methyl sites for hydroxylation is 1. The standard InChI is InChI=1S/C21H21ClN4O/c1-15-4-2-6-17(12-15)14-25-21-24-11-9-19(26-21)20(27)23-10-8-16-5-3-7-18(22)13-16/h2-7,9,11-13H,8,10,14H2,1H3,(H,23,27)(H,24,25,26). The van der Waals surface area contributed by atoms with Crippen molar-refractivity contribution in [3.63, 3.8) is 0 Å². The maximum absolute atomic E-state index is 12.3. The SMILES string of the molecule is Cc1cccc(CNc2nccc(C(=O)NCCc3cccc(Cl)c3)n2)c1. The molecular formula is C21H21ClN4O. The van der Waals surface area contributed by atoms with Gasteiger partial charge in [-0.3, -0.25) is 4.79 Å². The fourth-order valence-electron chi connectivity index (χ4n) is 2.68. The number of amides is 1. The zero-order valence-electron chi connectivity index (χ0n) is 15.1. The van der Waals surface area contributed by atoms with Crippen LogP contribution in [-0.4, -0.2) is 22.4 Å². The highest BCUT2D eigenvalue weighted by atomic mass is 35.5. The molecular weight excluding hydrogens is 360 g/mol. The highest BCUT2D eigenvalue weighted by molar-refractivity contribution is 6.30. The third-order valence-corrected chi connectivity index (χ3v) is 4.24. The molecule has 27 heavy (non-hydrogen) atoms. The number of carbonyl (C=O) groups excluding carboxylic acids is 1. The van der Waals surface area contributed by atoms with Gasteiger partial charge in [0.15, 0.2) is 0 Å². The molecule has 0 saturated heterocycles. The molecule has 0 radical (unpaired) electrons. The first kappa shape index (κ1) is 18.9. The Labute approximate surface area is 163 Å². The third-order valence-electron chi connectivity index (χ3n) is 4.01. The average molecular weight is 381 g/mol. The minimum Gasteiger partial charge on any atom is -0.350 e.